The van der Waals surface area contributed by atoms with Gasteiger partial charge in [0.05, 0.1) is 21.7 Å². The lowest BCUT2D eigenvalue weighted by Gasteiger charge is -2.40. The number of likely N-dealkylation sites (tertiary alicyclic amines) is 1. The Morgan fingerprint density at radius 1 is 1.04 bits per heavy atom. The predicted molar refractivity (Wildman–Crippen MR) is 94.3 cm³/mol. The molecule has 4 atom stereocenters. The molecule has 0 bridgehead atoms. The van der Waals surface area contributed by atoms with Crippen LogP contribution >= 0.6 is 0 Å². The second-order valence-corrected chi connectivity index (χ2v) is 11.9. The minimum atomic E-state index is -3.85. The van der Waals surface area contributed by atoms with E-state index in [1.807, 2.05) is 4.90 Å². The van der Waals surface area contributed by atoms with Crippen molar-refractivity contribution < 1.29 is 21.2 Å². The average molecular weight is 390 g/mol. The molecule has 140 valence electrons. The van der Waals surface area contributed by atoms with Gasteiger partial charge in [-0.15, -0.1) is 0 Å². The highest BCUT2D eigenvalue weighted by molar-refractivity contribution is 7.96. The molecule has 1 aromatic rings. The summed E-state index contributed by atoms with van der Waals surface area (Å²) in [5.41, 5.74) is 0. The summed E-state index contributed by atoms with van der Waals surface area (Å²) in [7, 11) is -7.27. The van der Waals surface area contributed by atoms with Gasteiger partial charge < -0.3 is 0 Å². The monoisotopic (exact) mass is 389 g/mol. The Kier molecular flexibility index (Phi) is 4.98. The molecule has 5 nitrogen and oxygen atoms in total. The fourth-order valence-corrected chi connectivity index (χ4v) is 9.04. The first-order valence-electron chi connectivity index (χ1n) is 8.52. The summed E-state index contributed by atoms with van der Waals surface area (Å²) in [6, 6.07) is 4.08. The van der Waals surface area contributed by atoms with E-state index in [2.05, 4.69) is 13.8 Å². The van der Waals surface area contributed by atoms with Crippen molar-refractivity contribution in [3.05, 3.63) is 30.1 Å². The zero-order valence-corrected chi connectivity index (χ0v) is 16.1. The van der Waals surface area contributed by atoms with Crippen molar-refractivity contribution in [2.75, 3.05) is 24.6 Å². The van der Waals surface area contributed by atoms with Crippen LogP contribution in [0.5, 0.6) is 0 Å². The van der Waals surface area contributed by atoms with Crippen molar-refractivity contribution in [3.63, 3.8) is 0 Å². The lowest BCUT2D eigenvalue weighted by molar-refractivity contribution is 0.107. The molecule has 0 spiro atoms. The Morgan fingerprint density at radius 3 is 2.16 bits per heavy atom. The molecule has 2 fully saturated rings. The van der Waals surface area contributed by atoms with Crippen molar-refractivity contribution in [2.45, 2.75) is 36.5 Å². The summed E-state index contributed by atoms with van der Waals surface area (Å²) in [6.07, 6.45) is 1.06. The molecule has 2 saturated heterocycles. The van der Waals surface area contributed by atoms with Crippen LogP contribution in [0.25, 0.3) is 0 Å². The topological polar surface area (TPSA) is 71.5 Å². The molecule has 0 aromatic heterocycles. The van der Waals surface area contributed by atoms with Gasteiger partial charge in [-0.25, -0.2) is 21.2 Å². The maximum Gasteiger partial charge on any atom is 0.183 e. The lowest BCUT2D eigenvalue weighted by atomic mass is 9.91. The van der Waals surface area contributed by atoms with Crippen LogP contribution in [0.1, 0.15) is 20.3 Å². The van der Waals surface area contributed by atoms with Gasteiger partial charge in [0.15, 0.2) is 19.7 Å². The molecule has 25 heavy (non-hydrogen) atoms. The number of hydrogen-bond acceptors (Lipinski definition) is 5. The molecule has 0 saturated carbocycles. The zero-order valence-electron chi connectivity index (χ0n) is 14.4. The largest absolute Gasteiger partial charge is 0.297 e. The minimum Gasteiger partial charge on any atom is -0.297 e. The quantitative estimate of drug-likeness (QED) is 0.737. The van der Waals surface area contributed by atoms with E-state index in [1.54, 1.807) is 0 Å². The third kappa shape index (κ3) is 3.90. The Balaban J connectivity index is 1.96. The van der Waals surface area contributed by atoms with E-state index < -0.39 is 36.8 Å². The van der Waals surface area contributed by atoms with Crippen LogP contribution in [-0.4, -0.2) is 57.6 Å². The van der Waals surface area contributed by atoms with Crippen LogP contribution in [-0.2, 0) is 19.7 Å². The highest BCUT2D eigenvalue weighted by atomic mass is 32.2. The number of rotatable bonds is 3. The highest BCUT2D eigenvalue weighted by Gasteiger charge is 2.49. The first-order valence-corrected chi connectivity index (χ1v) is 11.9. The molecule has 0 radical (unpaired) electrons. The Labute approximate surface area is 149 Å². The first-order chi connectivity index (χ1) is 11.6. The van der Waals surface area contributed by atoms with E-state index in [9.17, 15) is 21.2 Å². The fourth-order valence-electron chi connectivity index (χ4n) is 4.21. The molecule has 1 aromatic carbocycles. The van der Waals surface area contributed by atoms with E-state index in [0.717, 1.165) is 18.6 Å². The van der Waals surface area contributed by atoms with E-state index >= 15 is 0 Å². The maximum absolute atomic E-state index is 13.1. The Bertz CT molecular complexity index is 826. The van der Waals surface area contributed by atoms with Crippen LogP contribution in [0.15, 0.2) is 29.2 Å². The van der Waals surface area contributed by atoms with Crippen molar-refractivity contribution in [1.82, 2.24) is 4.90 Å². The zero-order chi connectivity index (χ0) is 18.4. The number of hydrogen-bond donors (Lipinski definition) is 0. The van der Waals surface area contributed by atoms with Crippen molar-refractivity contribution in [1.29, 1.82) is 0 Å². The third-order valence-electron chi connectivity index (χ3n) is 5.18. The van der Waals surface area contributed by atoms with Crippen molar-refractivity contribution in [2.24, 2.45) is 11.8 Å². The van der Waals surface area contributed by atoms with E-state index in [0.29, 0.717) is 24.9 Å². The third-order valence-corrected chi connectivity index (χ3v) is 9.31. The molecule has 2 heterocycles. The molecule has 0 amide bonds. The standard InChI is InChI=1S/C17H24FNO4S2/c1-12-7-13(2)9-19(8-12)16-10-24(20,21)11-17(16)25(22,23)15-5-3-14(18)4-6-15/h3-6,12-13,16-17H,7-11H2,1-2H3/t12-,13+,16-,17-/m1/s1. The summed E-state index contributed by atoms with van der Waals surface area (Å²) < 4.78 is 63.7. The van der Waals surface area contributed by atoms with Gasteiger partial charge in [-0.05, 0) is 42.5 Å². The van der Waals surface area contributed by atoms with Gasteiger partial charge in [0.1, 0.15) is 5.82 Å². The van der Waals surface area contributed by atoms with Gasteiger partial charge in [0.2, 0.25) is 0 Å². The van der Waals surface area contributed by atoms with Crippen LogP contribution in [0, 0.1) is 17.7 Å². The van der Waals surface area contributed by atoms with E-state index in [1.165, 1.54) is 12.1 Å². The highest BCUT2D eigenvalue weighted by Crippen LogP contribution is 2.32. The summed E-state index contributed by atoms with van der Waals surface area (Å²) in [4.78, 5) is 2.02. The molecular weight excluding hydrogens is 365 g/mol. The molecule has 0 aliphatic carbocycles. The molecule has 0 unspecified atom stereocenters. The van der Waals surface area contributed by atoms with Gasteiger partial charge in [-0.1, -0.05) is 13.8 Å². The van der Waals surface area contributed by atoms with Crippen LogP contribution in [0.4, 0.5) is 4.39 Å². The summed E-state index contributed by atoms with van der Waals surface area (Å²) in [5, 5.41) is -1.000. The normalized spacial score (nSPS) is 33.4. The number of nitrogens with zero attached hydrogens (tertiary/aromatic N) is 1. The molecule has 2 aliphatic rings. The number of sulfone groups is 2. The molecule has 3 rings (SSSR count). The van der Waals surface area contributed by atoms with E-state index in [4.69, 9.17) is 0 Å². The summed E-state index contributed by atoms with van der Waals surface area (Å²) in [6.45, 7) is 5.63. The second kappa shape index (κ2) is 6.63. The summed E-state index contributed by atoms with van der Waals surface area (Å²) >= 11 is 0. The predicted octanol–water partition coefficient (Wildman–Crippen LogP) is 1.74. The van der Waals surface area contributed by atoms with Crippen LogP contribution in [0.2, 0.25) is 0 Å². The van der Waals surface area contributed by atoms with Crippen LogP contribution < -0.4 is 0 Å². The Morgan fingerprint density at radius 2 is 1.60 bits per heavy atom. The van der Waals surface area contributed by atoms with Gasteiger partial charge in [-0.3, -0.25) is 4.90 Å². The van der Waals surface area contributed by atoms with Crippen molar-refractivity contribution in [3.8, 4) is 0 Å². The number of benzene rings is 1. The fraction of sp³-hybridized carbons (Fsp3) is 0.647. The lowest BCUT2D eigenvalue weighted by Crippen LogP contribution is -2.51. The number of piperidine rings is 1. The molecule has 2 aliphatic heterocycles. The average Bonchev–Trinajstić information content (AvgIpc) is 2.83. The first kappa shape index (κ1) is 18.8. The molecule has 0 N–H and O–H groups in total. The molecular formula is C17H24FNO4S2. The van der Waals surface area contributed by atoms with Crippen LogP contribution in [0.3, 0.4) is 0 Å². The minimum absolute atomic E-state index is 0.0147. The number of halogens is 1. The van der Waals surface area contributed by atoms with Gasteiger partial charge in [0.25, 0.3) is 0 Å². The van der Waals surface area contributed by atoms with Crippen molar-refractivity contribution >= 4 is 19.7 Å². The SMILES string of the molecule is C[C@@H]1C[C@H](C)CN([C@@H]2CS(=O)(=O)C[C@H]2S(=O)(=O)c2ccc(F)cc2)C1. The smallest absolute Gasteiger partial charge is 0.183 e. The van der Waals surface area contributed by atoms with Gasteiger partial charge >= 0.3 is 0 Å². The Hall–Kier alpha value is -0.990. The van der Waals surface area contributed by atoms with Gasteiger partial charge in [0, 0.05) is 19.1 Å². The summed E-state index contributed by atoms with van der Waals surface area (Å²) in [5.74, 6) is -0.204. The second-order valence-electron chi connectivity index (χ2n) is 7.58. The van der Waals surface area contributed by atoms with Gasteiger partial charge in [-0.2, -0.15) is 0 Å². The van der Waals surface area contributed by atoms with E-state index in [-0.39, 0.29) is 16.4 Å². The molecule has 8 heteroatoms. The maximum atomic E-state index is 13.1.